The topological polar surface area (TPSA) is 18.5 Å². The quantitative estimate of drug-likeness (QED) is 0.374. The number of halogens is 2. The fraction of sp³-hybridized carbons (Fsp3) is 0.333. The average molecular weight is 539 g/mol. The zero-order chi connectivity index (χ0) is 21.9. The standard InChI is InChI=1S/2C11H11O.C2H6Si.2ClH.Zr/c2*1-8-5-9-3-4-11(12-2)7-10(9)6-8;1-3-2;;;/h2*3-7H,1-2H3;1-2H3;2*1H;/q;;;;;+2/p-2. The normalized spacial score (nSPS) is 20.3. The molecule has 2 unspecified atom stereocenters. The van der Waals surface area contributed by atoms with Gasteiger partial charge in [-0.2, -0.15) is 0 Å². The third-order valence-electron chi connectivity index (χ3n) is 6.90. The maximum absolute atomic E-state index is 8.04. The van der Waals surface area contributed by atoms with Gasteiger partial charge in [-0.05, 0) is 0 Å². The molecule has 0 saturated carbocycles. The molecule has 2 atom stereocenters. The van der Waals surface area contributed by atoms with Gasteiger partial charge in [0.25, 0.3) is 0 Å². The van der Waals surface area contributed by atoms with Gasteiger partial charge in [0.1, 0.15) is 0 Å². The molecule has 2 aliphatic rings. The van der Waals surface area contributed by atoms with E-state index in [9.17, 15) is 0 Å². The number of hydrogen-bond donors (Lipinski definition) is 0. The number of rotatable bonds is 4. The zero-order valence-corrected chi connectivity index (χ0v) is 23.3. The van der Waals surface area contributed by atoms with Crippen LogP contribution in [0.15, 0.2) is 47.5 Å². The molecule has 0 radical (unpaired) electrons. The Morgan fingerprint density at radius 1 is 0.767 bits per heavy atom. The molecule has 4 rings (SSSR count). The Morgan fingerprint density at radius 3 is 1.50 bits per heavy atom. The van der Waals surface area contributed by atoms with E-state index in [1.807, 2.05) is 12.1 Å². The molecular formula is C24H28Cl2O2SiZr. The second-order valence-corrected chi connectivity index (χ2v) is 47.6. The van der Waals surface area contributed by atoms with Crippen molar-refractivity contribution in [2.75, 3.05) is 14.2 Å². The van der Waals surface area contributed by atoms with E-state index in [1.165, 1.54) is 33.4 Å². The number of allylic oxidation sites excluding steroid dienone is 2. The third kappa shape index (κ3) is 3.13. The summed E-state index contributed by atoms with van der Waals surface area (Å²) in [6, 6.07) is 12.6. The molecule has 6 heteroatoms. The van der Waals surface area contributed by atoms with E-state index in [4.69, 9.17) is 26.5 Å². The van der Waals surface area contributed by atoms with Crippen molar-refractivity contribution in [3.8, 4) is 11.5 Å². The first-order valence-corrected chi connectivity index (χ1v) is 25.6. The molecule has 0 saturated heterocycles. The molecule has 0 amide bonds. The molecule has 0 fully saturated rings. The molecular weight excluding hydrogens is 510 g/mol. The molecule has 2 aliphatic carbocycles. The first-order valence-electron chi connectivity index (χ1n) is 10.2. The Hall–Kier alpha value is -0.800. The van der Waals surface area contributed by atoms with Gasteiger partial charge < -0.3 is 0 Å². The molecule has 2 nitrogen and oxygen atoms in total. The van der Waals surface area contributed by atoms with Crippen LogP contribution in [0.1, 0.15) is 43.4 Å². The second-order valence-electron chi connectivity index (χ2n) is 8.78. The summed E-state index contributed by atoms with van der Waals surface area (Å²) in [6.07, 6.45) is 4.53. The molecule has 0 aromatic heterocycles. The van der Waals surface area contributed by atoms with Gasteiger partial charge in [0.15, 0.2) is 0 Å². The number of hydrogen-bond acceptors (Lipinski definition) is 2. The molecule has 2 aromatic carbocycles. The van der Waals surface area contributed by atoms with E-state index in [2.05, 4.69) is 63.4 Å². The monoisotopic (exact) mass is 536 g/mol. The van der Waals surface area contributed by atoms with Crippen molar-refractivity contribution < 1.29 is 24.5 Å². The van der Waals surface area contributed by atoms with Crippen molar-refractivity contribution in [2.45, 2.75) is 34.2 Å². The van der Waals surface area contributed by atoms with Gasteiger partial charge in [-0.15, -0.1) is 0 Å². The Morgan fingerprint density at radius 2 is 1.17 bits per heavy atom. The van der Waals surface area contributed by atoms with Gasteiger partial charge in [-0.1, -0.05) is 0 Å². The summed E-state index contributed by atoms with van der Waals surface area (Å²) >= 11 is -4.55. The first kappa shape index (κ1) is 22.4. The van der Waals surface area contributed by atoms with Crippen molar-refractivity contribution in [2.24, 2.45) is 0 Å². The van der Waals surface area contributed by atoms with E-state index >= 15 is 0 Å². The van der Waals surface area contributed by atoms with Crippen molar-refractivity contribution >= 4 is 34.6 Å². The van der Waals surface area contributed by atoms with E-state index in [1.54, 1.807) is 14.2 Å². The van der Waals surface area contributed by atoms with Crippen molar-refractivity contribution in [3.63, 3.8) is 0 Å². The van der Waals surface area contributed by atoms with Crippen molar-refractivity contribution in [1.82, 2.24) is 0 Å². The molecule has 0 N–H and O–H groups in total. The summed E-state index contributed by atoms with van der Waals surface area (Å²) in [5.74, 6) is 1.71. The zero-order valence-electron chi connectivity index (χ0n) is 18.3. The summed E-state index contributed by atoms with van der Waals surface area (Å²) in [6.45, 7) is 9.01. The van der Waals surface area contributed by atoms with Crippen LogP contribution in [0, 0.1) is 0 Å². The second kappa shape index (κ2) is 7.66. The summed E-state index contributed by atoms with van der Waals surface area (Å²) in [5, 5.41) is 0. The van der Waals surface area contributed by atoms with E-state index in [-0.39, 0.29) is 7.25 Å². The van der Waals surface area contributed by atoms with Gasteiger partial charge in [-0.3, -0.25) is 0 Å². The fourth-order valence-corrected chi connectivity index (χ4v) is 35.8. The summed E-state index contributed by atoms with van der Waals surface area (Å²) in [4.78, 5) is 0. The van der Waals surface area contributed by atoms with Crippen LogP contribution in [0.3, 0.4) is 0 Å². The molecule has 2 aromatic rings. The van der Waals surface area contributed by atoms with E-state index in [0.29, 0.717) is 0 Å². The minimum absolute atomic E-state index is 0.0780. The first-order chi connectivity index (χ1) is 14.1. The van der Waals surface area contributed by atoms with Crippen molar-refractivity contribution in [3.05, 3.63) is 69.8 Å². The van der Waals surface area contributed by atoms with Crippen LogP contribution in [0.4, 0.5) is 0 Å². The van der Waals surface area contributed by atoms with Crippen LogP contribution < -0.4 is 9.47 Å². The van der Waals surface area contributed by atoms with Crippen LogP contribution in [-0.2, 0) is 15.0 Å². The number of methoxy groups -OCH3 is 2. The summed E-state index contributed by atoms with van der Waals surface area (Å²) in [5.41, 5.74) is 6.42. The average Bonchev–Trinajstić information content (AvgIpc) is 3.22. The van der Waals surface area contributed by atoms with Crippen LogP contribution in [0.2, 0.25) is 13.1 Å². The van der Waals surface area contributed by atoms with Gasteiger partial charge in [0.05, 0.1) is 0 Å². The third-order valence-corrected chi connectivity index (χ3v) is 53.9. The Labute approximate surface area is 187 Å². The van der Waals surface area contributed by atoms with Crippen LogP contribution in [0.5, 0.6) is 11.5 Å². The van der Waals surface area contributed by atoms with E-state index < -0.39 is 20.4 Å². The predicted octanol–water partition coefficient (Wildman–Crippen LogP) is 7.57. The Balaban J connectivity index is 2.02. The number of fused-ring (bicyclic) bond motifs is 2. The fourth-order valence-electron chi connectivity index (χ4n) is 5.42. The Bertz CT molecular complexity index is 1100. The molecule has 30 heavy (non-hydrogen) atoms. The number of benzene rings is 2. The minimum atomic E-state index is -4.55. The van der Waals surface area contributed by atoms with Gasteiger partial charge in [0.2, 0.25) is 0 Å². The maximum atomic E-state index is 8.04. The predicted molar refractivity (Wildman–Crippen MR) is 128 cm³/mol. The molecule has 0 heterocycles. The van der Waals surface area contributed by atoms with Crippen molar-refractivity contribution in [1.29, 1.82) is 0 Å². The Kier molecular flexibility index (Phi) is 5.72. The molecule has 0 bridgehead atoms. The number of ether oxygens (including phenoxy) is 2. The molecule has 0 aliphatic heterocycles. The molecule has 0 spiro atoms. The molecule has 158 valence electrons. The SMILES string of the molecule is COc1ccc2c(c1)[CH]([Zr]([Cl])([Cl])([CH]1C(C)=Cc3ccc(OC)cc31)=[Si](C)C)C(C)=C2. The van der Waals surface area contributed by atoms with Gasteiger partial charge in [-0.25, -0.2) is 0 Å². The van der Waals surface area contributed by atoms with Crippen LogP contribution in [0.25, 0.3) is 12.2 Å². The van der Waals surface area contributed by atoms with Gasteiger partial charge in [0, 0.05) is 0 Å². The van der Waals surface area contributed by atoms with E-state index in [0.717, 1.165) is 11.5 Å². The summed E-state index contributed by atoms with van der Waals surface area (Å²) < 4.78 is 11.3. The van der Waals surface area contributed by atoms with Gasteiger partial charge >= 0.3 is 189 Å². The van der Waals surface area contributed by atoms with Crippen LogP contribution >= 0.6 is 17.0 Å². The van der Waals surface area contributed by atoms with Crippen LogP contribution in [-0.4, -0.2) is 19.7 Å². The summed E-state index contributed by atoms with van der Waals surface area (Å²) in [7, 11) is 19.5.